The summed E-state index contributed by atoms with van der Waals surface area (Å²) < 4.78 is 22.8. The van der Waals surface area contributed by atoms with Gasteiger partial charge in [0.25, 0.3) is 0 Å². The van der Waals surface area contributed by atoms with Gasteiger partial charge in [-0.25, -0.2) is 0 Å². The van der Waals surface area contributed by atoms with Crippen LogP contribution in [0.5, 0.6) is 0 Å². The fourth-order valence-electron chi connectivity index (χ4n) is 4.20. The van der Waals surface area contributed by atoms with Gasteiger partial charge in [0.2, 0.25) is 0 Å². The van der Waals surface area contributed by atoms with Gasteiger partial charge in [-0.15, -0.1) is 0 Å². The Hall–Kier alpha value is -2.05. The first-order valence-corrected chi connectivity index (χ1v) is 11.6. The lowest BCUT2D eigenvalue weighted by Crippen LogP contribution is -2.45. The van der Waals surface area contributed by atoms with E-state index in [1.54, 1.807) is 0 Å². The fraction of sp³-hybridized carbons (Fsp3) is 0.519. The summed E-state index contributed by atoms with van der Waals surface area (Å²) in [5.74, 6) is 0.0118. The molecular formula is C27H34O5. The average Bonchev–Trinajstić information content (AvgIpc) is 2.77. The highest BCUT2D eigenvalue weighted by molar-refractivity contribution is 6.10. The Morgan fingerprint density at radius 2 is 1.16 bits per heavy atom. The predicted octanol–water partition coefficient (Wildman–Crippen LogP) is 4.80. The maximum absolute atomic E-state index is 13.5. The van der Waals surface area contributed by atoms with Crippen LogP contribution in [0, 0.1) is 10.8 Å². The first kappa shape index (κ1) is 23.1. The first-order valence-electron chi connectivity index (χ1n) is 11.6. The van der Waals surface area contributed by atoms with Gasteiger partial charge in [0.05, 0.1) is 52.9 Å². The fourth-order valence-corrected chi connectivity index (χ4v) is 4.20. The van der Waals surface area contributed by atoms with Crippen molar-refractivity contribution in [2.45, 2.75) is 39.9 Å². The zero-order valence-corrected chi connectivity index (χ0v) is 19.2. The molecule has 2 aliphatic heterocycles. The second-order valence-electron chi connectivity index (χ2n) is 9.32. The Morgan fingerprint density at radius 1 is 0.750 bits per heavy atom. The summed E-state index contributed by atoms with van der Waals surface area (Å²) in [7, 11) is 0. The molecule has 2 saturated heterocycles. The molecule has 2 heterocycles. The number of carbonyl (C=O) groups excluding carboxylic acids is 1. The third-order valence-electron chi connectivity index (χ3n) is 6.99. The Morgan fingerprint density at radius 3 is 1.50 bits per heavy atom. The molecule has 172 valence electrons. The van der Waals surface area contributed by atoms with E-state index in [2.05, 4.69) is 13.8 Å². The summed E-state index contributed by atoms with van der Waals surface area (Å²) in [6.45, 7) is 9.49. The SMILES string of the molecule is CCC1(COCc2ccccc2C(=O)c2ccccc2COCC2(CC)COC2)COC1. The summed E-state index contributed by atoms with van der Waals surface area (Å²) in [4.78, 5) is 13.5. The van der Waals surface area contributed by atoms with Crippen LogP contribution in [0.4, 0.5) is 0 Å². The second kappa shape index (κ2) is 10.3. The van der Waals surface area contributed by atoms with E-state index in [9.17, 15) is 4.79 Å². The number of ketones is 1. The van der Waals surface area contributed by atoms with Gasteiger partial charge in [0.1, 0.15) is 0 Å². The summed E-state index contributed by atoms with van der Waals surface area (Å²) in [5.41, 5.74) is 3.46. The molecule has 2 aromatic carbocycles. The van der Waals surface area contributed by atoms with E-state index in [1.807, 2.05) is 48.5 Å². The molecule has 2 fully saturated rings. The number of hydrogen-bond donors (Lipinski definition) is 0. The molecule has 0 unspecified atom stereocenters. The van der Waals surface area contributed by atoms with E-state index in [-0.39, 0.29) is 16.6 Å². The molecule has 2 aromatic rings. The maximum Gasteiger partial charge on any atom is 0.193 e. The average molecular weight is 439 g/mol. The summed E-state index contributed by atoms with van der Waals surface area (Å²) >= 11 is 0. The molecule has 0 aliphatic carbocycles. The lowest BCUT2D eigenvalue weighted by molar-refractivity contribution is -0.152. The highest BCUT2D eigenvalue weighted by Gasteiger charge is 2.38. The molecule has 5 nitrogen and oxygen atoms in total. The molecule has 0 aromatic heterocycles. The van der Waals surface area contributed by atoms with E-state index >= 15 is 0 Å². The molecule has 0 spiro atoms. The largest absolute Gasteiger partial charge is 0.380 e. The van der Waals surface area contributed by atoms with Crippen molar-refractivity contribution in [1.82, 2.24) is 0 Å². The van der Waals surface area contributed by atoms with Crippen LogP contribution in [0.1, 0.15) is 53.7 Å². The Bertz CT molecular complexity index is 829. The van der Waals surface area contributed by atoms with Crippen LogP contribution in [-0.4, -0.2) is 45.4 Å². The molecule has 5 heteroatoms. The van der Waals surface area contributed by atoms with Crippen molar-refractivity contribution in [3.8, 4) is 0 Å². The van der Waals surface area contributed by atoms with Gasteiger partial charge in [-0.1, -0.05) is 62.4 Å². The van der Waals surface area contributed by atoms with Crippen LogP contribution in [-0.2, 0) is 32.2 Å². The predicted molar refractivity (Wildman–Crippen MR) is 123 cm³/mol. The quantitative estimate of drug-likeness (QED) is 0.446. The maximum atomic E-state index is 13.5. The van der Waals surface area contributed by atoms with E-state index < -0.39 is 0 Å². The van der Waals surface area contributed by atoms with Gasteiger partial charge in [0, 0.05) is 22.0 Å². The van der Waals surface area contributed by atoms with E-state index in [0.29, 0.717) is 37.6 Å². The van der Waals surface area contributed by atoms with Gasteiger partial charge in [-0.05, 0) is 24.0 Å². The third kappa shape index (κ3) is 4.96. The van der Waals surface area contributed by atoms with Gasteiger partial charge < -0.3 is 18.9 Å². The highest BCUT2D eigenvalue weighted by Crippen LogP contribution is 2.33. The lowest BCUT2D eigenvalue weighted by atomic mass is 9.84. The monoisotopic (exact) mass is 438 g/mol. The zero-order chi connectivity index (χ0) is 22.4. The number of rotatable bonds is 12. The van der Waals surface area contributed by atoms with Crippen molar-refractivity contribution in [3.63, 3.8) is 0 Å². The number of benzene rings is 2. The normalized spacial score (nSPS) is 18.6. The first-order chi connectivity index (χ1) is 15.6. The topological polar surface area (TPSA) is 54.0 Å². The van der Waals surface area contributed by atoms with Crippen LogP contribution in [0.25, 0.3) is 0 Å². The number of hydrogen-bond acceptors (Lipinski definition) is 5. The van der Waals surface area contributed by atoms with Crippen LogP contribution < -0.4 is 0 Å². The standard InChI is InChI=1S/C27H34O5/c1-3-26(17-31-18-26)15-29-13-21-9-5-7-11-23(21)25(28)24-12-8-6-10-22(24)14-30-16-27(4-2)19-32-20-27/h5-12H,3-4,13-20H2,1-2H3. The van der Waals surface area contributed by atoms with Crippen molar-refractivity contribution in [3.05, 3.63) is 70.8 Å². The summed E-state index contributed by atoms with van der Waals surface area (Å²) in [5, 5.41) is 0. The molecule has 0 amide bonds. The second-order valence-corrected chi connectivity index (χ2v) is 9.32. The summed E-state index contributed by atoms with van der Waals surface area (Å²) in [6.07, 6.45) is 2.07. The number of carbonyl (C=O) groups is 1. The van der Waals surface area contributed by atoms with E-state index in [0.717, 1.165) is 50.4 Å². The van der Waals surface area contributed by atoms with Crippen molar-refractivity contribution < 1.29 is 23.7 Å². The van der Waals surface area contributed by atoms with Gasteiger partial charge in [-0.3, -0.25) is 4.79 Å². The Kier molecular flexibility index (Phi) is 7.41. The van der Waals surface area contributed by atoms with Crippen LogP contribution in [0.15, 0.2) is 48.5 Å². The van der Waals surface area contributed by atoms with Crippen LogP contribution in [0.3, 0.4) is 0 Å². The third-order valence-corrected chi connectivity index (χ3v) is 6.99. The molecule has 0 N–H and O–H groups in total. The van der Waals surface area contributed by atoms with Crippen LogP contribution in [0.2, 0.25) is 0 Å². The molecule has 0 radical (unpaired) electrons. The van der Waals surface area contributed by atoms with Crippen molar-refractivity contribution in [1.29, 1.82) is 0 Å². The smallest absolute Gasteiger partial charge is 0.193 e. The summed E-state index contributed by atoms with van der Waals surface area (Å²) in [6, 6.07) is 15.5. The molecule has 2 aliphatic rings. The number of ether oxygens (including phenoxy) is 4. The zero-order valence-electron chi connectivity index (χ0n) is 19.2. The van der Waals surface area contributed by atoms with Crippen molar-refractivity contribution in [2.24, 2.45) is 10.8 Å². The lowest BCUT2D eigenvalue weighted by Gasteiger charge is -2.40. The molecule has 0 atom stereocenters. The van der Waals surface area contributed by atoms with Crippen molar-refractivity contribution >= 4 is 5.78 Å². The van der Waals surface area contributed by atoms with Gasteiger partial charge >= 0.3 is 0 Å². The van der Waals surface area contributed by atoms with Gasteiger partial charge in [-0.2, -0.15) is 0 Å². The molecule has 4 rings (SSSR count). The minimum Gasteiger partial charge on any atom is -0.380 e. The van der Waals surface area contributed by atoms with Gasteiger partial charge in [0.15, 0.2) is 5.78 Å². The highest BCUT2D eigenvalue weighted by atomic mass is 16.5. The van der Waals surface area contributed by atoms with Crippen LogP contribution >= 0.6 is 0 Å². The minimum atomic E-state index is 0.0118. The molecular weight excluding hydrogens is 404 g/mol. The van der Waals surface area contributed by atoms with Crippen molar-refractivity contribution in [2.75, 3.05) is 39.6 Å². The van der Waals surface area contributed by atoms with E-state index in [1.165, 1.54) is 0 Å². The van der Waals surface area contributed by atoms with E-state index in [4.69, 9.17) is 18.9 Å². The Balaban J connectivity index is 1.43. The molecule has 0 bridgehead atoms. The minimum absolute atomic E-state index is 0.0118. The molecule has 32 heavy (non-hydrogen) atoms. The Labute approximate surface area is 191 Å². The molecule has 0 saturated carbocycles.